The summed E-state index contributed by atoms with van der Waals surface area (Å²) in [7, 11) is 1.66. The number of nitrogens with one attached hydrogen (secondary N) is 2. The summed E-state index contributed by atoms with van der Waals surface area (Å²) in [5, 5.41) is 5.44. The molecule has 9 nitrogen and oxygen atoms in total. The number of rotatable bonds is 8. The Balaban J connectivity index is 1.30. The summed E-state index contributed by atoms with van der Waals surface area (Å²) >= 11 is 0. The Kier molecular flexibility index (Phi) is 7.85. The lowest BCUT2D eigenvalue weighted by Crippen LogP contribution is -2.51. The van der Waals surface area contributed by atoms with Crippen LogP contribution in [0.4, 0.5) is 5.69 Å². The highest BCUT2D eigenvalue weighted by molar-refractivity contribution is 6.35. The first-order chi connectivity index (χ1) is 16.1. The molecule has 0 aliphatic carbocycles. The minimum Gasteiger partial charge on any atom is -0.497 e. The number of ether oxygens (including phenoxy) is 2. The molecule has 3 heterocycles. The summed E-state index contributed by atoms with van der Waals surface area (Å²) in [6, 6.07) is 11.7. The number of piperazine rings is 1. The second-order valence-corrected chi connectivity index (χ2v) is 8.31. The third kappa shape index (κ3) is 6.06. The number of amides is 2. The summed E-state index contributed by atoms with van der Waals surface area (Å²) in [4.78, 5) is 29.2. The van der Waals surface area contributed by atoms with Crippen molar-refractivity contribution < 1.29 is 23.5 Å². The van der Waals surface area contributed by atoms with Gasteiger partial charge >= 0.3 is 11.8 Å². The molecule has 9 heteroatoms. The van der Waals surface area contributed by atoms with Gasteiger partial charge in [0.05, 0.1) is 25.5 Å². The lowest BCUT2D eigenvalue weighted by molar-refractivity contribution is -0.139. The van der Waals surface area contributed by atoms with Gasteiger partial charge in [0.15, 0.2) is 0 Å². The number of anilines is 1. The van der Waals surface area contributed by atoms with Crippen LogP contribution in [0.15, 0.2) is 47.1 Å². The normalized spacial score (nSPS) is 19.8. The molecule has 1 aromatic heterocycles. The van der Waals surface area contributed by atoms with Crippen LogP contribution in [-0.2, 0) is 14.3 Å². The van der Waals surface area contributed by atoms with Gasteiger partial charge in [-0.15, -0.1) is 0 Å². The third-order valence-electron chi connectivity index (χ3n) is 6.24. The molecular formula is C24H32N4O5. The fourth-order valence-corrected chi connectivity index (χ4v) is 4.34. The predicted molar refractivity (Wildman–Crippen MR) is 123 cm³/mol. The molecule has 0 saturated carbocycles. The summed E-state index contributed by atoms with van der Waals surface area (Å²) < 4.78 is 16.4. The second-order valence-electron chi connectivity index (χ2n) is 8.31. The van der Waals surface area contributed by atoms with Gasteiger partial charge in [0, 0.05) is 51.6 Å². The molecular weight excluding hydrogens is 424 g/mol. The van der Waals surface area contributed by atoms with Crippen LogP contribution < -0.4 is 20.3 Å². The van der Waals surface area contributed by atoms with Crippen molar-refractivity contribution in [2.45, 2.75) is 25.0 Å². The van der Waals surface area contributed by atoms with Crippen molar-refractivity contribution in [3.05, 3.63) is 48.4 Å². The fraction of sp³-hybridized carbons (Fsp3) is 0.500. The maximum absolute atomic E-state index is 12.4. The van der Waals surface area contributed by atoms with Crippen LogP contribution in [0.2, 0.25) is 0 Å². The molecule has 2 saturated heterocycles. The van der Waals surface area contributed by atoms with Gasteiger partial charge < -0.3 is 29.4 Å². The standard InChI is InChI=1S/C24H32N4O5/c1-31-19-8-6-18(7-9-19)27-10-12-28(13-11-27)21(22-5-3-15-33-22)17-26-24(30)23(29)25-16-20-4-2-14-32-20/h3,5-9,15,20-21H,2,4,10-14,16-17H2,1H3,(H,25,29)(H,26,30)/t20-,21-/m0/s1. The van der Waals surface area contributed by atoms with E-state index in [9.17, 15) is 9.59 Å². The topological polar surface area (TPSA) is 96.3 Å². The number of benzene rings is 1. The van der Waals surface area contributed by atoms with E-state index in [-0.39, 0.29) is 12.1 Å². The molecule has 0 unspecified atom stereocenters. The molecule has 0 spiro atoms. The van der Waals surface area contributed by atoms with Gasteiger partial charge in [-0.3, -0.25) is 14.5 Å². The third-order valence-corrected chi connectivity index (χ3v) is 6.24. The van der Waals surface area contributed by atoms with Gasteiger partial charge in [0.25, 0.3) is 0 Å². The highest BCUT2D eigenvalue weighted by atomic mass is 16.5. The first-order valence-electron chi connectivity index (χ1n) is 11.5. The molecule has 178 valence electrons. The zero-order chi connectivity index (χ0) is 23.0. The van der Waals surface area contributed by atoms with Crippen LogP contribution in [-0.4, -0.2) is 75.8 Å². The van der Waals surface area contributed by atoms with Crippen LogP contribution in [0, 0.1) is 0 Å². The van der Waals surface area contributed by atoms with E-state index in [0.29, 0.717) is 19.7 Å². The smallest absolute Gasteiger partial charge is 0.309 e. The van der Waals surface area contributed by atoms with Crippen molar-refractivity contribution in [2.24, 2.45) is 0 Å². The minimum absolute atomic E-state index is 0.000357. The number of methoxy groups -OCH3 is 1. The van der Waals surface area contributed by atoms with E-state index in [1.807, 2.05) is 24.3 Å². The summed E-state index contributed by atoms with van der Waals surface area (Å²) in [6.45, 7) is 4.67. The molecule has 2 aliphatic heterocycles. The number of hydrogen-bond acceptors (Lipinski definition) is 7. The molecule has 2 amide bonds. The van der Waals surface area contributed by atoms with Gasteiger partial charge in [-0.1, -0.05) is 0 Å². The van der Waals surface area contributed by atoms with Crippen molar-refractivity contribution in [3.8, 4) is 5.75 Å². The van der Waals surface area contributed by atoms with Crippen LogP contribution in [0.5, 0.6) is 5.75 Å². The molecule has 2 N–H and O–H groups in total. The molecule has 4 rings (SSSR count). The zero-order valence-corrected chi connectivity index (χ0v) is 19.0. The van der Waals surface area contributed by atoms with E-state index in [1.54, 1.807) is 13.4 Å². The Morgan fingerprint density at radius 2 is 1.85 bits per heavy atom. The Morgan fingerprint density at radius 3 is 2.48 bits per heavy atom. The molecule has 1 aromatic carbocycles. The molecule has 33 heavy (non-hydrogen) atoms. The number of hydrogen-bond donors (Lipinski definition) is 2. The largest absolute Gasteiger partial charge is 0.497 e. The van der Waals surface area contributed by atoms with Gasteiger partial charge in [-0.05, 0) is 49.2 Å². The lowest BCUT2D eigenvalue weighted by atomic mass is 10.1. The van der Waals surface area contributed by atoms with Crippen molar-refractivity contribution >= 4 is 17.5 Å². The Bertz CT molecular complexity index is 888. The maximum atomic E-state index is 12.4. The summed E-state index contributed by atoms with van der Waals surface area (Å²) in [6.07, 6.45) is 3.53. The van der Waals surface area contributed by atoms with Crippen LogP contribution in [0.3, 0.4) is 0 Å². The Morgan fingerprint density at radius 1 is 1.09 bits per heavy atom. The van der Waals surface area contributed by atoms with Gasteiger partial charge in [0.2, 0.25) is 0 Å². The van der Waals surface area contributed by atoms with Gasteiger partial charge in [-0.25, -0.2) is 0 Å². The van der Waals surface area contributed by atoms with Crippen molar-refractivity contribution in [3.63, 3.8) is 0 Å². The Labute approximate surface area is 194 Å². The van der Waals surface area contributed by atoms with Crippen molar-refractivity contribution in [1.82, 2.24) is 15.5 Å². The first kappa shape index (κ1) is 23.1. The van der Waals surface area contributed by atoms with E-state index in [4.69, 9.17) is 13.9 Å². The van der Waals surface area contributed by atoms with E-state index in [0.717, 1.165) is 56.2 Å². The monoisotopic (exact) mass is 456 g/mol. The Hall–Kier alpha value is -3.04. The van der Waals surface area contributed by atoms with Crippen LogP contribution in [0.25, 0.3) is 0 Å². The SMILES string of the molecule is COc1ccc(N2CCN([C@@H](CNC(=O)C(=O)NC[C@@H]3CCCO3)c3ccco3)CC2)cc1. The molecule has 2 aliphatic rings. The maximum Gasteiger partial charge on any atom is 0.309 e. The molecule has 2 fully saturated rings. The van der Waals surface area contributed by atoms with E-state index in [2.05, 4.69) is 32.6 Å². The average Bonchev–Trinajstić information content (AvgIpc) is 3.58. The van der Waals surface area contributed by atoms with Crippen molar-refractivity contribution in [1.29, 1.82) is 0 Å². The lowest BCUT2D eigenvalue weighted by Gasteiger charge is -2.39. The summed E-state index contributed by atoms with van der Waals surface area (Å²) in [5.41, 5.74) is 1.15. The van der Waals surface area contributed by atoms with Gasteiger partial charge in [-0.2, -0.15) is 0 Å². The quantitative estimate of drug-likeness (QED) is 0.582. The number of carbonyl (C=O) groups excluding carboxylic acids is 2. The molecule has 0 radical (unpaired) electrons. The van der Waals surface area contributed by atoms with Crippen LogP contribution >= 0.6 is 0 Å². The fourth-order valence-electron chi connectivity index (χ4n) is 4.34. The average molecular weight is 457 g/mol. The molecule has 0 bridgehead atoms. The highest BCUT2D eigenvalue weighted by Crippen LogP contribution is 2.25. The number of carbonyl (C=O) groups is 2. The number of nitrogens with zero attached hydrogens (tertiary/aromatic N) is 2. The molecule has 2 aromatic rings. The van der Waals surface area contributed by atoms with E-state index < -0.39 is 11.8 Å². The van der Waals surface area contributed by atoms with Gasteiger partial charge in [0.1, 0.15) is 11.5 Å². The first-order valence-corrected chi connectivity index (χ1v) is 11.5. The molecule has 2 atom stereocenters. The summed E-state index contributed by atoms with van der Waals surface area (Å²) in [5.74, 6) is 0.341. The van der Waals surface area contributed by atoms with E-state index in [1.165, 1.54) is 0 Å². The predicted octanol–water partition coefficient (Wildman–Crippen LogP) is 1.56. The van der Waals surface area contributed by atoms with Crippen molar-refractivity contribution in [2.75, 3.05) is 57.9 Å². The zero-order valence-electron chi connectivity index (χ0n) is 19.0. The number of furan rings is 1. The van der Waals surface area contributed by atoms with E-state index >= 15 is 0 Å². The second kappa shape index (κ2) is 11.2. The minimum atomic E-state index is -0.638. The highest BCUT2D eigenvalue weighted by Gasteiger charge is 2.28. The van der Waals surface area contributed by atoms with Crippen LogP contribution in [0.1, 0.15) is 24.6 Å².